The fourth-order valence-electron chi connectivity index (χ4n) is 1.20. The number of hydrogen-bond donors (Lipinski definition) is 1. The fourth-order valence-corrected chi connectivity index (χ4v) is 1.20. The summed E-state index contributed by atoms with van der Waals surface area (Å²) in [6, 6.07) is 4.49. The highest BCUT2D eigenvalue weighted by molar-refractivity contribution is 5.17. The molecule has 1 aromatic rings. The van der Waals surface area contributed by atoms with Crippen LogP contribution in [0.5, 0.6) is 5.88 Å². The minimum Gasteiger partial charge on any atom is -0.475 e. The van der Waals surface area contributed by atoms with Gasteiger partial charge in [-0.1, -0.05) is 26.8 Å². The molecule has 0 spiro atoms. The summed E-state index contributed by atoms with van der Waals surface area (Å²) in [5, 5.41) is 3.35. The first-order chi connectivity index (χ1) is 7.61. The summed E-state index contributed by atoms with van der Waals surface area (Å²) >= 11 is 0. The first kappa shape index (κ1) is 13.0. The van der Waals surface area contributed by atoms with Crippen LogP contribution in [-0.2, 0) is 6.54 Å². The van der Waals surface area contributed by atoms with Gasteiger partial charge >= 0.3 is 0 Å². The monoisotopic (exact) mass is 222 g/mol. The second kappa shape index (κ2) is 6.48. The molecule has 0 aliphatic carbocycles. The number of hydrogen-bond acceptors (Lipinski definition) is 3. The predicted octanol–water partition coefficient (Wildman–Crippen LogP) is 2.76. The van der Waals surface area contributed by atoms with E-state index in [1.54, 1.807) is 0 Å². The summed E-state index contributed by atoms with van der Waals surface area (Å²) in [7, 11) is 0. The van der Waals surface area contributed by atoms with E-state index in [4.69, 9.17) is 4.74 Å². The Labute approximate surface area is 98.2 Å². The fraction of sp³-hybridized carbons (Fsp3) is 0.615. The van der Waals surface area contributed by atoms with E-state index < -0.39 is 0 Å². The summed E-state index contributed by atoms with van der Waals surface area (Å²) < 4.78 is 5.61. The number of rotatable bonds is 6. The molecule has 0 aromatic carbocycles. The maximum absolute atomic E-state index is 5.61. The molecule has 16 heavy (non-hydrogen) atoms. The third-order valence-corrected chi connectivity index (χ3v) is 2.41. The van der Waals surface area contributed by atoms with E-state index in [1.165, 1.54) is 5.56 Å². The molecule has 1 atom stereocenters. The molecular formula is C13H22N2O. The quantitative estimate of drug-likeness (QED) is 0.803. The topological polar surface area (TPSA) is 34.1 Å². The van der Waals surface area contributed by atoms with Crippen molar-refractivity contribution < 1.29 is 4.74 Å². The average molecular weight is 222 g/mol. The van der Waals surface area contributed by atoms with Crippen LogP contribution in [0.2, 0.25) is 0 Å². The van der Waals surface area contributed by atoms with Crippen LogP contribution in [0.1, 0.15) is 39.7 Å². The second-order valence-electron chi connectivity index (χ2n) is 4.38. The maximum atomic E-state index is 5.61. The Kier molecular flexibility index (Phi) is 5.26. The van der Waals surface area contributed by atoms with Crippen molar-refractivity contribution in [2.24, 2.45) is 0 Å². The zero-order valence-corrected chi connectivity index (χ0v) is 10.7. The molecule has 0 saturated carbocycles. The van der Waals surface area contributed by atoms with Crippen molar-refractivity contribution >= 4 is 0 Å². The highest BCUT2D eigenvalue weighted by Crippen LogP contribution is 2.10. The molecule has 3 heteroatoms. The van der Waals surface area contributed by atoms with Crippen LogP contribution in [-0.4, -0.2) is 17.1 Å². The predicted molar refractivity (Wildman–Crippen MR) is 66.6 cm³/mol. The van der Waals surface area contributed by atoms with Crippen molar-refractivity contribution in [3.05, 3.63) is 23.9 Å². The summed E-state index contributed by atoms with van der Waals surface area (Å²) in [6.07, 6.45) is 3.10. The van der Waals surface area contributed by atoms with Crippen molar-refractivity contribution in [3.63, 3.8) is 0 Å². The molecule has 0 amide bonds. The lowest BCUT2D eigenvalue weighted by Crippen LogP contribution is -2.21. The minimum atomic E-state index is 0.229. The zero-order valence-electron chi connectivity index (χ0n) is 10.7. The van der Waals surface area contributed by atoms with Gasteiger partial charge in [0, 0.05) is 24.8 Å². The van der Waals surface area contributed by atoms with Gasteiger partial charge in [0.15, 0.2) is 0 Å². The van der Waals surface area contributed by atoms with Crippen molar-refractivity contribution in [2.75, 3.05) is 0 Å². The normalized spacial score (nSPS) is 12.8. The number of nitrogens with zero attached hydrogens (tertiary/aromatic N) is 1. The largest absolute Gasteiger partial charge is 0.475 e. The Bertz CT molecular complexity index is 295. The summed E-state index contributed by atoms with van der Waals surface area (Å²) in [5.41, 5.74) is 1.19. The summed E-state index contributed by atoms with van der Waals surface area (Å²) in [5.74, 6) is 0.711. The molecule has 0 saturated heterocycles. The SMILES string of the molecule is CCC(C)Oc1ccc(CNC(C)C)cn1. The van der Waals surface area contributed by atoms with Crippen LogP contribution in [0.3, 0.4) is 0 Å². The molecule has 0 bridgehead atoms. The molecule has 0 aliphatic rings. The molecule has 0 radical (unpaired) electrons. The van der Waals surface area contributed by atoms with E-state index in [0.29, 0.717) is 11.9 Å². The van der Waals surface area contributed by atoms with E-state index in [1.807, 2.05) is 12.3 Å². The van der Waals surface area contributed by atoms with Crippen LogP contribution in [0.25, 0.3) is 0 Å². The molecule has 1 rings (SSSR count). The van der Waals surface area contributed by atoms with Crippen molar-refractivity contribution in [3.8, 4) is 5.88 Å². The van der Waals surface area contributed by atoms with Gasteiger partial charge in [0.2, 0.25) is 5.88 Å². The van der Waals surface area contributed by atoms with Gasteiger partial charge in [-0.25, -0.2) is 4.98 Å². The summed E-state index contributed by atoms with van der Waals surface area (Å²) in [4.78, 5) is 4.28. The Morgan fingerprint density at radius 1 is 1.31 bits per heavy atom. The second-order valence-corrected chi connectivity index (χ2v) is 4.38. The molecule has 0 aliphatic heterocycles. The van der Waals surface area contributed by atoms with Crippen molar-refractivity contribution in [1.82, 2.24) is 10.3 Å². The number of pyridine rings is 1. The van der Waals surface area contributed by atoms with Gasteiger partial charge in [-0.05, 0) is 18.9 Å². The van der Waals surface area contributed by atoms with Gasteiger partial charge in [-0.15, -0.1) is 0 Å². The van der Waals surface area contributed by atoms with Gasteiger partial charge in [0.25, 0.3) is 0 Å². The highest BCUT2D eigenvalue weighted by Gasteiger charge is 2.02. The van der Waals surface area contributed by atoms with Crippen LogP contribution in [0.15, 0.2) is 18.3 Å². The summed E-state index contributed by atoms with van der Waals surface area (Å²) in [6.45, 7) is 9.28. The Morgan fingerprint density at radius 2 is 2.06 bits per heavy atom. The first-order valence-corrected chi connectivity index (χ1v) is 5.96. The highest BCUT2D eigenvalue weighted by atomic mass is 16.5. The van der Waals surface area contributed by atoms with E-state index >= 15 is 0 Å². The van der Waals surface area contributed by atoms with Crippen molar-refractivity contribution in [2.45, 2.75) is 52.8 Å². The smallest absolute Gasteiger partial charge is 0.213 e. The standard InChI is InChI=1S/C13H22N2O/c1-5-11(4)16-13-7-6-12(9-15-13)8-14-10(2)3/h6-7,9-11,14H,5,8H2,1-4H3. The van der Waals surface area contributed by atoms with Crippen LogP contribution < -0.4 is 10.1 Å². The molecule has 90 valence electrons. The zero-order chi connectivity index (χ0) is 12.0. The Hall–Kier alpha value is -1.09. The van der Waals surface area contributed by atoms with Crippen LogP contribution in [0.4, 0.5) is 0 Å². The van der Waals surface area contributed by atoms with Crippen LogP contribution >= 0.6 is 0 Å². The minimum absolute atomic E-state index is 0.229. The Morgan fingerprint density at radius 3 is 2.56 bits per heavy atom. The number of aromatic nitrogens is 1. The van der Waals surface area contributed by atoms with E-state index in [2.05, 4.69) is 44.1 Å². The lowest BCUT2D eigenvalue weighted by atomic mass is 10.2. The first-order valence-electron chi connectivity index (χ1n) is 5.96. The van der Waals surface area contributed by atoms with Gasteiger partial charge in [-0.2, -0.15) is 0 Å². The van der Waals surface area contributed by atoms with Crippen molar-refractivity contribution in [1.29, 1.82) is 0 Å². The van der Waals surface area contributed by atoms with Crippen LogP contribution in [0, 0.1) is 0 Å². The van der Waals surface area contributed by atoms with Gasteiger partial charge in [0.1, 0.15) is 0 Å². The van der Waals surface area contributed by atoms with Gasteiger partial charge in [0.05, 0.1) is 6.10 Å². The molecule has 1 N–H and O–H groups in total. The van der Waals surface area contributed by atoms with E-state index in [-0.39, 0.29) is 6.10 Å². The molecule has 1 heterocycles. The van der Waals surface area contributed by atoms with E-state index in [0.717, 1.165) is 13.0 Å². The Balaban J connectivity index is 2.47. The third kappa shape index (κ3) is 4.62. The molecule has 1 aromatic heterocycles. The third-order valence-electron chi connectivity index (χ3n) is 2.41. The lowest BCUT2D eigenvalue weighted by Gasteiger charge is -2.12. The molecular weight excluding hydrogens is 200 g/mol. The number of ether oxygens (including phenoxy) is 1. The average Bonchev–Trinajstić information content (AvgIpc) is 2.28. The molecule has 3 nitrogen and oxygen atoms in total. The number of nitrogens with one attached hydrogen (secondary N) is 1. The molecule has 1 unspecified atom stereocenters. The van der Waals surface area contributed by atoms with E-state index in [9.17, 15) is 0 Å². The lowest BCUT2D eigenvalue weighted by molar-refractivity contribution is 0.208. The maximum Gasteiger partial charge on any atom is 0.213 e. The molecule has 0 fully saturated rings. The van der Waals surface area contributed by atoms with Gasteiger partial charge in [-0.3, -0.25) is 0 Å². The van der Waals surface area contributed by atoms with Gasteiger partial charge < -0.3 is 10.1 Å².